The molecule has 2 aromatic rings. The fourth-order valence-electron chi connectivity index (χ4n) is 2.15. The molecule has 1 amide bonds. The van der Waals surface area contributed by atoms with Gasteiger partial charge in [-0.25, -0.2) is 4.98 Å². The maximum absolute atomic E-state index is 12.6. The first-order valence-electron chi connectivity index (χ1n) is 7.13. The summed E-state index contributed by atoms with van der Waals surface area (Å²) in [6.07, 6.45) is 1.24. The number of carbonyl (C=O) groups excluding carboxylic acids is 1. The second-order valence-electron chi connectivity index (χ2n) is 5.12. The zero-order valence-corrected chi connectivity index (χ0v) is 13.3. The predicted octanol–water partition coefficient (Wildman–Crippen LogP) is 3.10. The minimum Gasteiger partial charge on any atom is -0.375 e. The van der Waals surface area contributed by atoms with E-state index in [4.69, 9.17) is 5.73 Å². The van der Waals surface area contributed by atoms with Gasteiger partial charge in [-0.15, -0.1) is 11.3 Å². The van der Waals surface area contributed by atoms with Crippen molar-refractivity contribution in [2.45, 2.75) is 39.3 Å². The smallest absolute Gasteiger partial charge is 0.229 e. The van der Waals surface area contributed by atoms with Crippen molar-refractivity contribution in [2.24, 2.45) is 0 Å². The van der Waals surface area contributed by atoms with Crippen LogP contribution in [0.4, 0.5) is 5.13 Å². The van der Waals surface area contributed by atoms with Crippen molar-refractivity contribution in [1.82, 2.24) is 9.88 Å². The Hall–Kier alpha value is -1.88. The molecule has 21 heavy (non-hydrogen) atoms. The molecule has 112 valence electrons. The number of hydrogen-bond donors (Lipinski definition) is 1. The van der Waals surface area contributed by atoms with Crippen molar-refractivity contribution in [3.8, 4) is 0 Å². The van der Waals surface area contributed by atoms with Crippen LogP contribution in [0.2, 0.25) is 0 Å². The Bertz CT molecular complexity index is 582. The number of carbonyl (C=O) groups is 1. The van der Waals surface area contributed by atoms with Crippen LogP contribution in [0.3, 0.4) is 0 Å². The summed E-state index contributed by atoms with van der Waals surface area (Å²) in [4.78, 5) is 18.7. The van der Waals surface area contributed by atoms with Crippen LogP contribution >= 0.6 is 11.3 Å². The monoisotopic (exact) mass is 303 g/mol. The van der Waals surface area contributed by atoms with Gasteiger partial charge in [0.1, 0.15) is 0 Å². The maximum atomic E-state index is 12.6. The van der Waals surface area contributed by atoms with Gasteiger partial charge < -0.3 is 10.6 Å². The zero-order chi connectivity index (χ0) is 15.2. The molecular formula is C16H21N3OS. The number of hydrogen-bond acceptors (Lipinski definition) is 4. The highest BCUT2D eigenvalue weighted by Crippen LogP contribution is 2.16. The van der Waals surface area contributed by atoms with Crippen molar-refractivity contribution >= 4 is 22.4 Å². The summed E-state index contributed by atoms with van der Waals surface area (Å²) in [5.74, 6) is 0.0958. The number of nitrogens with two attached hydrogens (primary N) is 1. The summed E-state index contributed by atoms with van der Waals surface area (Å²) in [6.45, 7) is 4.81. The highest BCUT2D eigenvalue weighted by molar-refractivity contribution is 7.13. The molecule has 1 aromatic carbocycles. The quantitative estimate of drug-likeness (QED) is 0.892. The van der Waals surface area contributed by atoms with Crippen LogP contribution in [0.15, 0.2) is 35.7 Å². The first-order valence-corrected chi connectivity index (χ1v) is 8.01. The van der Waals surface area contributed by atoms with E-state index >= 15 is 0 Å². The fraction of sp³-hybridized carbons (Fsp3) is 0.375. The lowest BCUT2D eigenvalue weighted by molar-refractivity contribution is -0.133. The third-order valence-electron chi connectivity index (χ3n) is 3.54. The summed E-state index contributed by atoms with van der Waals surface area (Å²) in [7, 11) is 0. The van der Waals surface area contributed by atoms with E-state index in [1.807, 2.05) is 40.6 Å². The number of benzene rings is 1. The van der Waals surface area contributed by atoms with Gasteiger partial charge >= 0.3 is 0 Å². The normalized spacial score (nSPS) is 12.1. The van der Waals surface area contributed by atoms with Crippen molar-refractivity contribution in [2.75, 3.05) is 5.73 Å². The molecule has 0 saturated carbocycles. The van der Waals surface area contributed by atoms with Gasteiger partial charge in [-0.05, 0) is 18.9 Å². The predicted molar refractivity (Wildman–Crippen MR) is 87.0 cm³/mol. The van der Waals surface area contributed by atoms with Crippen LogP contribution in [0.1, 0.15) is 31.5 Å². The van der Waals surface area contributed by atoms with Gasteiger partial charge in [-0.1, -0.05) is 37.3 Å². The van der Waals surface area contributed by atoms with Gasteiger partial charge in [0.05, 0.1) is 12.1 Å². The molecule has 1 atom stereocenters. The maximum Gasteiger partial charge on any atom is 0.229 e. The van der Waals surface area contributed by atoms with Crippen LogP contribution in [-0.4, -0.2) is 21.8 Å². The minimum atomic E-state index is 0.0958. The van der Waals surface area contributed by atoms with E-state index in [1.165, 1.54) is 11.3 Å². The van der Waals surface area contributed by atoms with Crippen LogP contribution in [-0.2, 0) is 17.8 Å². The van der Waals surface area contributed by atoms with E-state index in [0.29, 0.717) is 18.1 Å². The Labute approximate surface area is 129 Å². The van der Waals surface area contributed by atoms with Crippen LogP contribution in [0, 0.1) is 0 Å². The molecule has 4 nitrogen and oxygen atoms in total. The first kappa shape index (κ1) is 15.5. The van der Waals surface area contributed by atoms with E-state index in [2.05, 4.69) is 18.8 Å². The van der Waals surface area contributed by atoms with Crippen molar-refractivity contribution in [1.29, 1.82) is 0 Å². The molecule has 1 unspecified atom stereocenters. The standard InChI is InChI=1S/C16H21N3OS/c1-3-12(2)19(10-13-7-5-4-6-8-13)15(20)9-14-11-21-16(17)18-14/h4-8,11-12H,3,9-10H2,1-2H3,(H2,17,18). The highest BCUT2D eigenvalue weighted by Gasteiger charge is 2.20. The average molecular weight is 303 g/mol. The molecule has 5 heteroatoms. The molecule has 0 saturated heterocycles. The minimum absolute atomic E-state index is 0.0958. The fourth-order valence-corrected chi connectivity index (χ4v) is 2.71. The molecule has 1 heterocycles. The van der Waals surface area contributed by atoms with Crippen LogP contribution in [0.25, 0.3) is 0 Å². The van der Waals surface area contributed by atoms with E-state index in [0.717, 1.165) is 17.7 Å². The molecule has 0 fully saturated rings. The number of aromatic nitrogens is 1. The Kier molecular flexibility index (Phi) is 5.33. The van der Waals surface area contributed by atoms with Gasteiger partial charge in [0.2, 0.25) is 5.91 Å². The lowest BCUT2D eigenvalue weighted by Gasteiger charge is -2.28. The number of nitrogen functional groups attached to an aromatic ring is 1. The molecule has 0 radical (unpaired) electrons. The second kappa shape index (κ2) is 7.22. The van der Waals surface area contributed by atoms with E-state index in [-0.39, 0.29) is 11.9 Å². The molecule has 0 aliphatic carbocycles. The number of thiazole rings is 1. The average Bonchev–Trinajstić information content (AvgIpc) is 2.90. The Morgan fingerprint density at radius 2 is 2.10 bits per heavy atom. The second-order valence-corrected chi connectivity index (χ2v) is 6.01. The zero-order valence-electron chi connectivity index (χ0n) is 12.5. The summed E-state index contributed by atoms with van der Waals surface area (Å²) < 4.78 is 0. The summed E-state index contributed by atoms with van der Waals surface area (Å²) >= 11 is 1.37. The molecule has 2 N–H and O–H groups in total. The van der Waals surface area contributed by atoms with Gasteiger partial charge in [-0.3, -0.25) is 4.79 Å². The van der Waals surface area contributed by atoms with Crippen LogP contribution < -0.4 is 5.73 Å². The number of rotatable bonds is 6. The first-order chi connectivity index (χ1) is 10.1. The number of amides is 1. The van der Waals surface area contributed by atoms with E-state index < -0.39 is 0 Å². The van der Waals surface area contributed by atoms with Crippen molar-refractivity contribution < 1.29 is 4.79 Å². The lowest BCUT2D eigenvalue weighted by atomic mass is 10.1. The lowest BCUT2D eigenvalue weighted by Crippen LogP contribution is -2.38. The van der Waals surface area contributed by atoms with Crippen molar-refractivity contribution in [3.05, 3.63) is 47.0 Å². The molecule has 1 aromatic heterocycles. The Morgan fingerprint density at radius 3 is 2.67 bits per heavy atom. The number of anilines is 1. The molecular weight excluding hydrogens is 282 g/mol. The van der Waals surface area contributed by atoms with Gasteiger partial charge in [0, 0.05) is 18.0 Å². The summed E-state index contributed by atoms with van der Waals surface area (Å²) in [6, 6.07) is 10.3. The van der Waals surface area contributed by atoms with Gasteiger partial charge in [-0.2, -0.15) is 0 Å². The molecule has 2 rings (SSSR count). The SMILES string of the molecule is CCC(C)N(Cc1ccccc1)C(=O)Cc1csc(N)n1. The number of nitrogens with zero attached hydrogens (tertiary/aromatic N) is 2. The molecule has 0 aliphatic heterocycles. The van der Waals surface area contributed by atoms with Gasteiger partial charge in [0.15, 0.2) is 5.13 Å². The third kappa shape index (κ3) is 4.29. The Morgan fingerprint density at radius 1 is 1.38 bits per heavy atom. The molecule has 0 aliphatic rings. The summed E-state index contributed by atoms with van der Waals surface area (Å²) in [5, 5.41) is 2.36. The largest absolute Gasteiger partial charge is 0.375 e. The van der Waals surface area contributed by atoms with E-state index in [9.17, 15) is 4.79 Å². The Balaban J connectivity index is 2.10. The highest BCUT2D eigenvalue weighted by atomic mass is 32.1. The molecule has 0 spiro atoms. The molecule has 0 bridgehead atoms. The van der Waals surface area contributed by atoms with Crippen molar-refractivity contribution in [3.63, 3.8) is 0 Å². The topological polar surface area (TPSA) is 59.2 Å². The summed E-state index contributed by atoms with van der Waals surface area (Å²) in [5.41, 5.74) is 7.52. The van der Waals surface area contributed by atoms with E-state index in [1.54, 1.807) is 0 Å². The third-order valence-corrected chi connectivity index (χ3v) is 4.26. The van der Waals surface area contributed by atoms with Crippen LogP contribution in [0.5, 0.6) is 0 Å². The van der Waals surface area contributed by atoms with Gasteiger partial charge in [0.25, 0.3) is 0 Å².